The van der Waals surface area contributed by atoms with E-state index in [0.717, 1.165) is 5.69 Å². The summed E-state index contributed by atoms with van der Waals surface area (Å²) < 4.78 is 32.3. The first-order valence-electron chi connectivity index (χ1n) is 13.0. The first-order chi connectivity index (χ1) is 19.5. The number of pyridine rings is 1. The van der Waals surface area contributed by atoms with Gasteiger partial charge in [-0.25, -0.2) is 14.2 Å². The number of alkyl carbamates (subject to hydrolysis) is 1. The van der Waals surface area contributed by atoms with E-state index in [0.29, 0.717) is 22.7 Å². The molecule has 4 aromatic rings. The fraction of sp³-hybridized carbons (Fsp3) is 0.357. The molecule has 0 radical (unpaired) electrons. The molecular weight excluding hydrogens is 533 g/mol. The molecule has 0 aliphatic heterocycles. The molecule has 3 heterocycles. The molecule has 1 atom stereocenters. The molecule has 1 N–H and O–H groups in total. The summed E-state index contributed by atoms with van der Waals surface area (Å²) in [7, 11) is 1.76. The van der Waals surface area contributed by atoms with Crippen LogP contribution < -0.4 is 10.1 Å². The second kappa shape index (κ2) is 12.6. The Kier molecular flexibility index (Phi) is 8.95. The Morgan fingerprint density at radius 2 is 1.85 bits per heavy atom. The molecule has 12 nitrogen and oxygen atoms in total. The van der Waals surface area contributed by atoms with Gasteiger partial charge in [0.2, 0.25) is 0 Å². The Balaban J connectivity index is 1.41. The topological polar surface area (TPSA) is 135 Å². The molecule has 0 fully saturated rings. The lowest BCUT2D eigenvalue weighted by atomic mass is 10.1. The number of benzene rings is 1. The van der Waals surface area contributed by atoms with E-state index in [4.69, 9.17) is 14.2 Å². The SMILES string of the molecule is CCOC(=O)CC(Cc1cnn(-c2ccc(Oc3ncc(-c4ccnn4C)cc3F)cc2)n1)NC(=O)OC(C)(C)C. The van der Waals surface area contributed by atoms with Crippen molar-refractivity contribution in [1.82, 2.24) is 35.1 Å². The summed E-state index contributed by atoms with van der Waals surface area (Å²) in [5.74, 6) is -0.845. The number of rotatable bonds is 10. The summed E-state index contributed by atoms with van der Waals surface area (Å²) in [6.45, 7) is 7.19. The monoisotopic (exact) mass is 565 g/mol. The van der Waals surface area contributed by atoms with E-state index in [9.17, 15) is 14.0 Å². The summed E-state index contributed by atoms with van der Waals surface area (Å²) >= 11 is 0. The third-order valence-corrected chi connectivity index (χ3v) is 5.64. The van der Waals surface area contributed by atoms with Gasteiger partial charge in [-0.1, -0.05) is 0 Å². The number of aryl methyl sites for hydroxylation is 1. The Morgan fingerprint density at radius 1 is 1.10 bits per heavy atom. The van der Waals surface area contributed by atoms with Crippen molar-refractivity contribution < 1.29 is 28.2 Å². The van der Waals surface area contributed by atoms with Gasteiger partial charge in [0.1, 0.15) is 11.4 Å². The minimum Gasteiger partial charge on any atom is -0.466 e. The number of carbonyl (C=O) groups excluding carboxylic acids is 2. The number of aromatic nitrogens is 6. The molecule has 0 spiro atoms. The number of hydrogen-bond donors (Lipinski definition) is 1. The molecule has 216 valence electrons. The van der Waals surface area contributed by atoms with Gasteiger partial charge in [0, 0.05) is 37.5 Å². The van der Waals surface area contributed by atoms with Crippen molar-refractivity contribution in [2.24, 2.45) is 7.05 Å². The summed E-state index contributed by atoms with van der Waals surface area (Å²) in [5, 5.41) is 15.6. The summed E-state index contributed by atoms with van der Waals surface area (Å²) in [4.78, 5) is 29.9. The van der Waals surface area contributed by atoms with E-state index in [1.807, 2.05) is 0 Å². The Morgan fingerprint density at radius 3 is 2.49 bits per heavy atom. The number of carbonyl (C=O) groups is 2. The van der Waals surface area contributed by atoms with Crippen LogP contribution >= 0.6 is 0 Å². The highest BCUT2D eigenvalue weighted by atomic mass is 19.1. The Bertz CT molecular complexity index is 1490. The van der Waals surface area contributed by atoms with Crippen molar-refractivity contribution >= 4 is 12.1 Å². The van der Waals surface area contributed by atoms with Gasteiger partial charge in [0.25, 0.3) is 5.88 Å². The van der Waals surface area contributed by atoms with Crippen molar-refractivity contribution in [3.8, 4) is 28.6 Å². The van der Waals surface area contributed by atoms with Gasteiger partial charge in [-0.2, -0.15) is 20.1 Å². The maximum Gasteiger partial charge on any atom is 0.407 e. The van der Waals surface area contributed by atoms with E-state index in [1.165, 1.54) is 17.1 Å². The summed E-state index contributed by atoms with van der Waals surface area (Å²) in [6, 6.07) is 9.19. The van der Waals surface area contributed by atoms with Crippen LogP contribution in [0.15, 0.2) is 55.0 Å². The second-order valence-corrected chi connectivity index (χ2v) is 10.1. The van der Waals surface area contributed by atoms with Crippen molar-refractivity contribution in [2.45, 2.75) is 52.2 Å². The number of nitrogens with zero attached hydrogens (tertiary/aromatic N) is 6. The highest BCUT2D eigenvalue weighted by Crippen LogP contribution is 2.27. The van der Waals surface area contributed by atoms with Crippen LogP contribution in [0.2, 0.25) is 0 Å². The van der Waals surface area contributed by atoms with Crippen LogP contribution in [-0.4, -0.2) is 60.1 Å². The number of nitrogens with one attached hydrogen (secondary N) is 1. The highest BCUT2D eigenvalue weighted by molar-refractivity contribution is 5.73. The molecule has 1 aromatic carbocycles. The Hall–Kier alpha value is -4.81. The number of esters is 1. The molecule has 0 saturated heterocycles. The maximum atomic E-state index is 14.7. The third-order valence-electron chi connectivity index (χ3n) is 5.64. The maximum absolute atomic E-state index is 14.7. The van der Waals surface area contributed by atoms with Crippen LogP contribution in [-0.2, 0) is 27.7 Å². The average Bonchev–Trinajstić information content (AvgIpc) is 3.53. The molecule has 1 unspecified atom stereocenters. The number of ether oxygens (including phenoxy) is 3. The van der Waals surface area contributed by atoms with E-state index in [-0.39, 0.29) is 25.3 Å². The molecule has 1 amide bonds. The van der Waals surface area contributed by atoms with E-state index >= 15 is 0 Å². The number of hydrogen-bond acceptors (Lipinski definition) is 9. The minimum absolute atomic E-state index is 0.0559. The molecule has 0 saturated carbocycles. The van der Waals surface area contributed by atoms with Gasteiger partial charge in [-0.15, -0.1) is 0 Å². The van der Waals surface area contributed by atoms with Crippen LogP contribution in [0.25, 0.3) is 16.9 Å². The van der Waals surface area contributed by atoms with Crippen LogP contribution in [0.1, 0.15) is 39.8 Å². The van der Waals surface area contributed by atoms with Crippen LogP contribution in [0.4, 0.5) is 9.18 Å². The predicted molar refractivity (Wildman–Crippen MR) is 146 cm³/mol. The summed E-state index contributed by atoms with van der Waals surface area (Å²) in [5.41, 5.74) is 1.77. The quantitative estimate of drug-likeness (QED) is 0.278. The first kappa shape index (κ1) is 29.2. The zero-order chi connectivity index (χ0) is 29.6. The van der Waals surface area contributed by atoms with Crippen LogP contribution in [0.3, 0.4) is 0 Å². The summed E-state index contributed by atoms with van der Waals surface area (Å²) in [6.07, 6.45) is 4.21. The molecule has 0 bridgehead atoms. The molecule has 0 aliphatic rings. The third kappa shape index (κ3) is 8.10. The minimum atomic E-state index is -0.692. The number of amides is 1. The normalized spacial score (nSPS) is 12.0. The van der Waals surface area contributed by atoms with Gasteiger partial charge < -0.3 is 19.5 Å². The molecule has 3 aromatic heterocycles. The Labute approximate surface area is 236 Å². The van der Waals surface area contributed by atoms with E-state index in [1.54, 1.807) is 82.1 Å². The fourth-order valence-electron chi connectivity index (χ4n) is 3.89. The highest BCUT2D eigenvalue weighted by Gasteiger charge is 2.23. The first-order valence-corrected chi connectivity index (χ1v) is 13.0. The van der Waals surface area contributed by atoms with E-state index < -0.39 is 29.5 Å². The molecule has 4 rings (SSSR count). The van der Waals surface area contributed by atoms with Gasteiger partial charge in [0.15, 0.2) is 5.82 Å². The molecule has 41 heavy (non-hydrogen) atoms. The van der Waals surface area contributed by atoms with Gasteiger partial charge in [-0.3, -0.25) is 9.48 Å². The average molecular weight is 566 g/mol. The van der Waals surface area contributed by atoms with Gasteiger partial charge >= 0.3 is 12.1 Å². The lowest BCUT2D eigenvalue weighted by Gasteiger charge is -2.23. The van der Waals surface area contributed by atoms with E-state index in [2.05, 4.69) is 25.6 Å². The molecule has 0 aliphatic carbocycles. The lowest BCUT2D eigenvalue weighted by molar-refractivity contribution is -0.143. The second-order valence-electron chi connectivity index (χ2n) is 10.1. The number of halogens is 1. The predicted octanol–water partition coefficient (Wildman–Crippen LogP) is 4.38. The molecular formula is C28H32FN7O5. The smallest absolute Gasteiger partial charge is 0.407 e. The van der Waals surface area contributed by atoms with Crippen LogP contribution in [0, 0.1) is 5.82 Å². The standard InChI is InChI=1S/C28H32FN7O5/c1-6-39-25(37)15-19(33-27(38)41-28(2,3)4)14-20-17-32-36(34-20)21-7-9-22(10-8-21)40-26-23(29)13-18(16-30-26)24-11-12-31-35(24)5/h7-13,16-17,19H,6,14-15H2,1-5H3,(H,33,38). The molecule has 13 heteroatoms. The van der Waals surface area contributed by atoms with Crippen molar-refractivity contribution in [3.05, 3.63) is 66.5 Å². The van der Waals surface area contributed by atoms with Crippen molar-refractivity contribution in [2.75, 3.05) is 6.61 Å². The lowest BCUT2D eigenvalue weighted by Crippen LogP contribution is -2.41. The largest absolute Gasteiger partial charge is 0.466 e. The van der Waals surface area contributed by atoms with Crippen molar-refractivity contribution in [1.29, 1.82) is 0 Å². The van der Waals surface area contributed by atoms with Gasteiger partial charge in [0.05, 0.1) is 36.3 Å². The zero-order valence-electron chi connectivity index (χ0n) is 23.5. The zero-order valence-corrected chi connectivity index (χ0v) is 23.5. The van der Waals surface area contributed by atoms with Crippen LogP contribution in [0.5, 0.6) is 11.6 Å². The fourth-order valence-corrected chi connectivity index (χ4v) is 3.89. The van der Waals surface area contributed by atoms with Gasteiger partial charge in [-0.05, 0) is 64.1 Å². The van der Waals surface area contributed by atoms with Crippen molar-refractivity contribution in [3.63, 3.8) is 0 Å².